The van der Waals surface area contributed by atoms with Crippen LogP contribution in [0.4, 0.5) is 0 Å². The van der Waals surface area contributed by atoms with Gasteiger partial charge in [0, 0.05) is 55.9 Å². The molecule has 1 radical (unpaired) electrons. The molecule has 1 aliphatic rings. The Balaban J connectivity index is 0.00000132. The van der Waals surface area contributed by atoms with Crippen LogP contribution in [0.1, 0.15) is 47.4 Å². The van der Waals surface area contributed by atoms with E-state index in [1.165, 1.54) is 11.6 Å². The van der Waals surface area contributed by atoms with Crippen molar-refractivity contribution >= 4 is 5.91 Å². The Morgan fingerprint density at radius 2 is 2.36 bits per heavy atom. The molecule has 1 atom stereocenters. The van der Waals surface area contributed by atoms with Gasteiger partial charge in [-0.15, -0.1) is 0 Å². The number of nitrogens with zero attached hydrogens (tertiary/aromatic N) is 2. The average molecular weight is 556 g/mol. The van der Waals surface area contributed by atoms with Gasteiger partial charge in [-0.3, -0.25) is 22.0 Å². The molecule has 2 heterocycles. The van der Waals surface area contributed by atoms with Crippen molar-refractivity contribution < 1.29 is 55.8 Å². The van der Waals surface area contributed by atoms with Gasteiger partial charge in [0.25, 0.3) is 0 Å². The van der Waals surface area contributed by atoms with Gasteiger partial charge in [-0.05, 0) is 37.3 Å². The fourth-order valence-electron chi connectivity index (χ4n) is 2.53. The van der Waals surface area contributed by atoms with Crippen molar-refractivity contribution in [2.75, 3.05) is 0 Å². The minimum atomic E-state index is -0.332. The summed E-state index contributed by atoms with van der Waals surface area (Å²) in [6.07, 6.45) is 7.08. The molecule has 3 rings (SSSR count). The fourth-order valence-corrected chi connectivity index (χ4v) is 2.53. The number of pyridine rings is 2. The Labute approximate surface area is 167 Å². The normalized spacial score (nSPS) is 16.4. The molecule has 1 amide bonds. The van der Waals surface area contributed by atoms with Crippen molar-refractivity contribution in [2.24, 2.45) is 0 Å². The summed E-state index contributed by atoms with van der Waals surface area (Å²) in [5, 5.41) is 2.95. The van der Waals surface area contributed by atoms with Crippen LogP contribution < -0.4 is 5.32 Å². The number of hydrogen-bond donors (Lipinski definition) is 1. The maximum atomic E-state index is 12.3. The number of carbonyl (C=O) groups is 1. The van der Waals surface area contributed by atoms with Crippen LogP contribution in [-0.4, -0.2) is 15.9 Å². The smallest absolute Gasteiger partial charge is 0.205 e. The summed E-state index contributed by atoms with van der Waals surface area (Å²) in [4.78, 5) is 20.4. The molecule has 2 aromatic heterocycles. The molecule has 1 unspecified atom stereocenters. The molecule has 0 fully saturated rings. The number of aromatic nitrogens is 2. The molecule has 6 heteroatoms. The monoisotopic (exact) mass is 556 g/mol. The molecule has 0 bridgehead atoms. The van der Waals surface area contributed by atoms with Crippen molar-refractivity contribution in [3.63, 3.8) is 0 Å². The number of nitrogens with one attached hydrogen (secondary N) is 1. The van der Waals surface area contributed by atoms with Gasteiger partial charge >= 0.3 is 0 Å². The SMILES string of the molecule is [3H]c1n[c-]c[c-]c1C(=O)NC1CCCc2cc(C)cnc21.[U].[V]. The zero-order chi connectivity index (χ0) is 14.8. The van der Waals surface area contributed by atoms with Gasteiger partial charge in [0.1, 0.15) is 0 Å². The average Bonchev–Trinajstić information content (AvgIpc) is 2.47. The van der Waals surface area contributed by atoms with Crippen LogP contribution in [0.5, 0.6) is 0 Å². The molecule has 2 aromatic rings. The van der Waals surface area contributed by atoms with Gasteiger partial charge in [-0.25, -0.2) is 0 Å². The second-order valence-electron chi connectivity index (χ2n) is 4.99. The standard InChI is InChI=1S/C16H15N3O.U.V/c1-11-8-12-4-2-6-14(15(12)18-9-11)19-16(20)13-5-3-7-17-10-13;;/h3,8-10,14H,2,4,6H2,1H3,(H,19,20);;/q-2;;/i10T;;. The predicted molar refractivity (Wildman–Crippen MR) is 74.0 cm³/mol. The predicted octanol–water partition coefficient (Wildman–Crippen LogP) is 2.19. The van der Waals surface area contributed by atoms with Gasteiger partial charge in [-0.2, -0.15) is 11.7 Å². The van der Waals surface area contributed by atoms with Crippen LogP contribution in [0.2, 0.25) is 0 Å². The van der Waals surface area contributed by atoms with Crippen LogP contribution in [0, 0.1) is 50.3 Å². The van der Waals surface area contributed by atoms with Crippen molar-refractivity contribution in [1.82, 2.24) is 15.3 Å². The number of aryl methyl sites for hydroxylation is 2. The van der Waals surface area contributed by atoms with E-state index >= 15 is 0 Å². The van der Waals surface area contributed by atoms with E-state index in [4.69, 9.17) is 1.37 Å². The molecule has 0 aromatic carbocycles. The number of carbonyl (C=O) groups excluding carboxylic acids is 1. The molecule has 1 N–H and O–H groups in total. The van der Waals surface area contributed by atoms with Crippen molar-refractivity contribution in [3.8, 4) is 0 Å². The molecule has 0 saturated heterocycles. The minimum Gasteiger partial charge on any atom is -0.528 e. The summed E-state index contributed by atoms with van der Waals surface area (Å²) in [5.74, 6) is -0.332. The van der Waals surface area contributed by atoms with Crippen LogP contribution >= 0.6 is 0 Å². The van der Waals surface area contributed by atoms with E-state index in [-0.39, 0.29) is 73.4 Å². The second-order valence-corrected chi connectivity index (χ2v) is 4.99. The van der Waals surface area contributed by atoms with Crippen LogP contribution in [0.25, 0.3) is 0 Å². The zero-order valence-corrected chi connectivity index (χ0v) is 17.7. The van der Waals surface area contributed by atoms with Gasteiger partial charge in [0.15, 0.2) is 0 Å². The Morgan fingerprint density at radius 3 is 3.14 bits per heavy atom. The van der Waals surface area contributed by atoms with E-state index < -0.39 is 0 Å². The Morgan fingerprint density at radius 1 is 1.55 bits per heavy atom. The first-order chi connectivity index (χ1) is 10.1. The topological polar surface area (TPSA) is 54.9 Å². The first-order valence-corrected chi connectivity index (χ1v) is 6.67. The van der Waals surface area contributed by atoms with E-state index in [0.29, 0.717) is 0 Å². The third kappa shape index (κ3) is 4.46. The van der Waals surface area contributed by atoms with Crippen molar-refractivity contribution in [2.45, 2.75) is 32.2 Å². The molecule has 0 saturated carbocycles. The first-order valence-electron chi connectivity index (χ1n) is 7.17. The van der Waals surface area contributed by atoms with Crippen molar-refractivity contribution in [1.29, 1.82) is 0 Å². The van der Waals surface area contributed by atoms with E-state index in [9.17, 15) is 4.79 Å². The fraction of sp³-hybridized carbons (Fsp3) is 0.312. The van der Waals surface area contributed by atoms with E-state index in [1.54, 1.807) is 0 Å². The Kier molecular flexibility index (Phi) is 7.17. The third-order valence-corrected chi connectivity index (χ3v) is 3.45. The quantitative estimate of drug-likeness (QED) is 0.578. The molecule has 0 aliphatic heterocycles. The summed E-state index contributed by atoms with van der Waals surface area (Å²) in [6.45, 7) is 2.02. The van der Waals surface area contributed by atoms with E-state index in [1.807, 2.05) is 13.1 Å². The third-order valence-electron chi connectivity index (χ3n) is 3.45. The molecule has 111 valence electrons. The van der Waals surface area contributed by atoms with Gasteiger partial charge < -0.3 is 16.4 Å². The maximum absolute atomic E-state index is 12.3. The molecule has 22 heavy (non-hydrogen) atoms. The molecule has 4 nitrogen and oxygen atoms in total. The Hall–Kier alpha value is -0.594. The van der Waals surface area contributed by atoms with Crippen molar-refractivity contribution in [3.05, 3.63) is 59.1 Å². The minimum absolute atomic E-state index is 0. The number of rotatable bonds is 2. The molecular weight excluding hydrogens is 539 g/mol. The second kappa shape index (κ2) is 8.89. The maximum Gasteiger partial charge on any atom is 0.205 e. The molecule has 0 spiro atoms. The van der Waals surface area contributed by atoms with Crippen LogP contribution in [-0.2, 0) is 25.0 Å². The largest absolute Gasteiger partial charge is 0.528 e. The van der Waals surface area contributed by atoms with E-state index in [2.05, 4.69) is 33.6 Å². The molecular formula is C16H15N3OUV-2. The Bertz CT molecular complexity index is 699. The van der Waals surface area contributed by atoms with Crippen LogP contribution in [0.15, 0.2) is 24.5 Å². The summed E-state index contributed by atoms with van der Waals surface area (Å²) < 4.78 is 7.64. The van der Waals surface area contributed by atoms with E-state index in [0.717, 1.165) is 30.5 Å². The number of hydrogen-bond acceptors (Lipinski definition) is 3. The zero-order valence-electron chi connectivity index (χ0n) is 13.2. The first kappa shape index (κ1) is 17.8. The summed E-state index contributed by atoms with van der Waals surface area (Å²) in [6, 6.07) is 6.16. The summed E-state index contributed by atoms with van der Waals surface area (Å²) in [5.41, 5.74) is 3.40. The van der Waals surface area contributed by atoms with Gasteiger partial charge in [0.05, 0.1) is 11.7 Å². The van der Waals surface area contributed by atoms with Crippen LogP contribution in [0.3, 0.4) is 0 Å². The number of amides is 1. The summed E-state index contributed by atoms with van der Waals surface area (Å²) in [7, 11) is 0. The summed E-state index contributed by atoms with van der Waals surface area (Å²) >= 11 is 0. The number of fused-ring (bicyclic) bond motifs is 1. The molecule has 1 aliphatic carbocycles. The van der Waals surface area contributed by atoms with Gasteiger partial charge in [-0.1, -0.05) is 7.44 Å². The van der Waals surface area contributed by atoms with Gasteiger partial charge in [0.2, 0.25) is 5.91 Å².